The Morgan fingerprint density at radius 3 is 2.86 bits per heavy atom. The summed E-state index contributed by atoms with van der Waals surface area (Å²) in [6.45, 7) is 1.77. The van der Waals surface area contributed by atoms with Crippen molar-refractivity contribution in [2.45, 2.75) is 19.4 Å². The van der Waals surface area contributed by atoms with Crippen molar-refractivity contribution < 1.29 is 10.2 Å². The van der Waals surface area contributed by atoms with Crippen molar-refractivity contribution >= 4 is 21.4 Å². The molecule has 1 atom stereocenters. The fourth-order valence-electron chi connectivity index (χ4n) is 1.49. The Morgan fingerprint density at radius 2 is 2.21 bits per heavy atom. The molecule has 0 aliphatic heterocycles. The number of thiophene rings is 1. The maximum Gasteiger partial charge on any atom is 0.124 e. The van der Waals surface area contributed by atoms with Gasteiger partial charge in [0.2, 0.25) is 0 Å². The molecule has 1 unspecified atom stereocenters. The molecule has 0 spiro atoms. The number of benzene rings is 1. The summed E-state index contributed by atoms with van der Waals surface area (Å²) in [6, 6.07) is 7.44. The molecular formula is C11H12O2S. The first-order valence-electron chi connectivity index (χ1n) is 4.55. The summed E-state index contributed by atoms with van der Waals surface area (Å²) in [4.78, 5) is 1.11. The number of hydrogen-bond donors (Lipinski definition) is 2. The minimum absolute atomic E-state index is 0.315. The van der Waals surface area contributed by atoms with Crippen LogP contribution in [-0.2, 0) is 6.42 Å². The number of fused-ring (bicyclic) bond motifs is 1. The molecule has 2 nitrogen and oxygen atoms in total. The van der Waals surface area contributed by atoms with Gasteiger partial charge in [-0.3, -0.25) is 0 Å². The van der Waals surface area contributed by atoms with Crippen LogP contribution in [-0.4, -0.2) is 16.3 Å². The molecule has 0 amide bonds. The standard InChI is InChI=1S/C11H12O2S/c1-7(12)5-8-6-9-10(13)3-2-4-11(9)14-8/h2-4,6-7,12-13H,5H2,1H3. The van der Waals surface area contributed by atoms with Crippen molar-refractivity contribution in [2.75, 3.05) is 0 Å². The van der Waals surface area contributed by atoms with Crippen molar-refractivity contribution in [2.24, 2.45) is 0 Å². The lowest BCUT2D eigenvalue weighted by Crippen LogP contribution is -2.01. The van der Waals surface area contributed by atoms with Crippen LogP contribution in [0.5, 0.6) is 5.75 Å². The van der Waals surface area contributed by atoms with Gasteiger partial charge in [-0.1, -0.05) is 6.07 Å². The predicted octanol–water partition coefficient (Wildman–Crippen LogP) is 2.53. The number of hydrogen-bond acceptors (Lipinski definition) is 3. The number of phenolic OH excluding ortho intramolecular Hbond substituents is 1. The summed E-state index contributed by atoms with van der Waals surface area (Å²) in [5.41, 5.74) is 0. The molecule has 1 aromatic heterocycles. The normalized spacial score (nSPS) is 13.3. The number of aliphatic hydroxyl groups is 1. The molecule has 0 fully saturated rings. The van der Waals surface area contributed by atoms with E-state index >= 15 is 0 Å². The van der Waals surface area contributed by atoms with Gasteiger partial charge in [-0.2, -0.15) is 0 Å². The van der Waals surface area contributed by atoms with Crippen molar-refractivity contribution in [3.8, 4) is 5.75 Å². The van der Waals surface area contributed by atoms with Gasteiger partial charge in [-0.25, -0.2) is 0 Å². The van der Waals surface area contributed by atoms with Crippen molar-refractivity contribution in [1.29, 1.82) is 0 Å². The molecule has 0 saturated carbocycles. The molecule has 2 N–H and O–H groups in total. The van der Waals surface area contributed by atoms with E-state index in [1.54, 1.807) is 24.3 Å². The van der Waals surface area contributed by atoms with E-state index in [2.05, 4.69) is 0 Å². The van der Waals surface area contributed by atoms with Crippen molar-refractivity contribution in [1.82, 2.24) is 0 Å². The highest BCUT2D eigenvalue weighted by Crippen LogP contribution is 2.32. The van der Waals surface area contributed by atoms with Crippen LogP contribution in [0, 0.1) is 0 Å². The van der Waals surface area contributed by atoms with Gasteiger partial charge >= 0.3 is 0 Å². The van der Waals surface area contributed by atoms with E-state index in [4.69, 9.17) is 0 Å². The maximum absolute atomic E-state index is 9.56. The summed E-state index contributed by atoms with van der Waals surface area (Å²) in [7, 11) is 0. The number of aromatic hydroxyl groups is 1. The first kappa shape index (κ1) is 9.49. The first-order chi connectivity index (χ1) is 6.66. The van der Waals surface area contributed by atoms with E-state index in [0.29, 0.717) is 12.2 Å². The Morgan fingerprint density at radius 1 is 1.43 bits per heavy atom. The molecule has 14 heavy (non-hydrogen) atoms. The van der Waals surface area contributed by atoms with Crippen LogP contribution in [0.15, 0.2) is 24.3 Å². The molecule has 0 bridgehead atoms. The number of phenols is 1. The molecule has 0 aliphatic carbocycles. The number of rotatable bonds is 2. The zero-order chi connectivity index (χ0) is 10.1. The highest BCUT2D eigenvalue weighted by atomic mass is 32.1. The Bertz CT molecular complexity index is 445. The SMILES string of the molecule is CC(O)Cc1cc2c(O)cccc2s1. The summed E-state index contributed by atoms with van der Waals surface area (Å²) in [5, 5.41) is 19.7. The van der Waals surface area contributed by atoms with Gasteiger partial charge in [0.1, 0.15) is 5.75 Å². The Labute approximate surface area is 86.4 Å². The monoisotopic (exact) mass is 208 g/mol. The van der Waals surface area contributed by atoms with Gasteiger partial charge in [0.25, 0.3) is 0 Å². The Hall–Kier alpha value is -1.06. The molecule has 74 valence electrons. The summed E-state index contributed by atoms with van der Waals surface area (Å²) >= 11 is 1.62. The first-order valence-corrected chi connectivity index (χ1v) is 5.37. The number of aliphatic hydroxyl groups excluding tert-OH is 1. The molecule has 3 heteroatoms. The topological polar surface area (TPSA) is 40.5 Å². The fourth-order valence-corrected chi connectivity index (χ4v) is 2.69. The van der Waals surface area contributed by atoms with Crippen LogP contribution in [0.3, 0.4) is 0 Å². The minimum atomic E-state index is -0.329. The van der Waals surface area contributed by atoms with Crippen LogP contribution in [0.4, 0.5) is 0 Å². The van der Waals surface area contributed by atoms with Crippen molar-refractivity contribution in [3.63, 3.8) is 0 Å². The van der Waals surface area contributed by atoms with Crippen LogP contribution in [0.25, 0.3) is 10.1 Å². The van der Waals surface area contributed by atoms with E-state index in [0.717, 1.165) is 15.0 Å². The summed E-state index contributed by atoms with van der Waals surface area (Å²) in [5.74, 6) is 0.315. The molecule has 0 aliphatic rings. The lowest BCUT2D eigenvalue weighted by Gasteiger charge is -1.98. The second-order valence-electron chi connectivity index (χ2n) is 3.45. The van der Waals surface area contributed by atoms with E-state index in [-0.39, 0.29) is 6.10 Å². The Kier molecular flexibility index (Phi) is 2.44. The van der Waals surface area contributed by atoms with E-state index in [1.807, 2.05) is 18.2 Å². The predicted molar refractivity (Wildman–Crippen MR) is 58.9 cm³/mol. The van der Waals surface area contributed by atoms with Crippen LogP contribution in [0.1, 0.15) is 11.8 Å². The molecule has 1 heterocycles. The Balaban J connectivity index is 2.46. The third-order valence-electron chi connectivity index (χ3n) is 2.09. The average molecular weight is 208 g/mol. The molecule has 0 radical (unpaired) electrons. The van der Waals surface area contributed by atoms with E-state index in [1.165, 1.54) is 0 Å². The summed E-state index contributed by atoms with van der Waals surface area (Å²) < 4.78 is 1.07. The van der Waals surface area contributed by atoms with Gasteiger partial charge in [-0.05, 0) is 25.1 Å². The zero-order valence-electron chi connectivity index (χ0n) is 7.90. The third-order valence-corrected chi connectivity index (χ3v) is 3.21. The van der Waals surface area contributed by atoms with E-state index in [9.17, 15) is 10.2 Å². The zero-order valence-corrected chi connectivity index (χ0v) is 8.71. The van der Waals surface area contributed by atoms with Crippen LogP contribution < -0.4 is 0 Å². The van der Waals surface area contributed by atoms with Crippen molar-refractivity contribution in [3.05, 3.63) is 29.1 Å². The quantitative estimate of drug-likeness (QED) is 0.796. The van der Waals surface area contributed by atoms with Crippen LogP contribution >= 0.6 is 11.3 Å². The molecule has 0 saturated heterocycles. The van der Waals surface area contributed by atoms with Gasteiger partial charge in [-0.15, -0.1) is 11.3 Å². The highest BCUT2D eigenvalue weighted by molar-refractivity contribution is 7.19. The molecule has 2 aromatic rings. The smallest absolute Gasteiger partial charge is 0.124 e. The molecule has 2 rings (SSSR count). The minimum Gasteiger partial charge on any atom is -0.507 e. The highest BCUT2D eigenvalue weighted by Gasteiger charge is 2.06. The molecular weight excluding hydrogens is 196 g/mol. The van der Waals surface area contributed by atoms with Gasteiger partial charge in [0.15, 0.2) is 0 Å². The molecule has 1 aromatic carbocycles. The largest absolute Gasteiger partial charge is 0.507 e. The lowest BCUT2D eigenvalue weighted by molar-refractivity contribution is 0.196. The van der Waals surface area contributed by atoms with Gasteiger partial charge in [0, 0.05) is 21.4 Å². The average Bonchev–Trinajstić information content (AvgIpc) is 2.47. The second kappa shape index (κ2) is 3.59. The van der Waals surface area contributed by atoms with Gasteiger partial charge < -0.3 is 10.2 Å². The maximum atomic E-state index is 9.56. The second-order valence-corrected chi connectivity index (χ2v) is 4.62. The fraction of sp³-hybridized carbons (Fsp3) is 0.273. The van der Waals surface area contributed by atoms with Gasteiger partial charge in [0.05, 0.1) is 6.10 Å². The van der Waals surface area contributed by atoms with Crippen LogP contribution in [0.2, 0.25) is 0 Å². The van der Waals surface area contributed by atoms with E-state index < -0.39 is 0 Å². The summed E-state index contributed by atoms with van der Waals surface area (Å²) in [6.07, 6.45) is 0.323. The third kappa shape index (κ3) is 1.74. The lowest BCUT2D eigenvalue weighted by atomic mass is 10.2.